The predicted octanol–water partition coefficient (Wildman–Crippen LogP) is 21.1. The molecule has 0 N–H and O–H groups in total. The van der Waals surface area contributed by atoms with E-state index in [1.807, 2.05) is 13.8 Å². The Morgan fingerprint density at radius 2 is 0.707 bits per heavy atom. The molecule has 1 atom stereocenters. The van der Waals surface area contributed by atoms with Crippen molar-refractivity contribution < 1.29 is 0 Å². The summed E-state index contributed by atoms with van der Waals surface area (Å²) in [5, 5.41) is 7.41. The minimum atomic E-state index is -0.479. The molecule has 2 heteroatoms. The van der Waals surface area contributed by atoms with Gasteiger partial charge < -0.3 is 9.80 Å². The Morgan fingerprint density at radius 1 is 0.329 bits per heavy atom. The topological polar surface area (TPSA) is 6.48 Å². The molecule has 0 aromatic heterocycles. The van der Waals surface area contributed by atoms with Crippen LogP contribution in [0.3, 0.4) is 0 Å². The number of fused-ring (bicyclic) bond motifs is 6. The molecule has 2 nitrogen and oxygen atoms in total. The van der Waals surface area contributed by atoms with Crippen LogP contribution in [0.1, 0.15) is 59.2 Å². The fraction of sp³-hybridized carbons (Fsp3) is 0.0750. The number of allylic oxidation sites excluding steroid dienone is 3. The van der Waals surface area contributed by atoms with Gasteiger partial charge in [-0.1, -0.05) is 269 Å². The Balaban J connectivity index is 0.00000285. The largest absolute Gasteiger partial charge is 0.310 e. The van der Waals surface area contributed by atoms with E-state index >= 15 is 0 Å². The molecule has 16 rings (SSSR count). The first-order chi connectivity index (χ1) is 40.7. The van der Waals surface area contributed by atoms with Gasteiger partial charge >= 0.3 is 0 Å². The monoisotopic (exact) mass is 1050 g/mol. The van der Waals surface area contributed by atoms with Crippen LogP contribution in [0, 0.1) is 5.92 Å². The van der Waals surface area contributed by atoms with E-state index in [0.717, 1.165) is 34.9 Å². The summed E-state index contributed by atoms with van der Waals surface area (Å²) in [5.74, 6) is 0.181. The van der Waals surface area contributed by atoms with Gasteiger partial charge in [0.1, 0.15) is 0 Å². The summed E-state index contributed by atoms with van der Waals surface area (Å²) in [7, 11) is 0. The van der Waals surface area contributed by atoms with Crippen molar-refractivity contribution in [2.45, 2.75) is 31.1 Å². The minimum Gasteiger partial charge on any atom is -0.310 e. The summed E-state index contributed by atoms with van der Waals surface area (Å²) in [6.45, 7) is 4.00. The standard InChI is InChI=1S/C78H54N2.C2H6/c1-5-21-55(22-6-1)77(69-33-17-13-29-63(69)64-30-14-18-34-70(64)77)57-41-45-61(46-42-57)79(59-25-9-3-10-26-59)73-51-39-53-38-50-68-74(52-40-54-37-49-67(73)75(53)76(54)68)80(60-27-11-4-12-28-60)62-47-43-58(44-48-62)78(56-23-7-2-8-24-56)71-35-19-15-31-65(71)66-32-16-20-36-72(66)78;1-2/h1-43,45-52,58H,44H2;1-2H3. The van der Waals surface area contributed by atoms with Gasteiger partial charge in [-0.3, -0.25) is 0 Å². The Labute approximate surface area is 481 Å². The molecule has 0 amide bonds. The lowest BCUT2D eigenvalue weighted by Crippen LogP contribution is -2.36. The molecule has 0 spiro atoms. The van der Waals surface area contributed by atoms with Crippen molar-refractivity contribution in [2.75, 3.05) is 9.80 Å². The zero-order valence-corrected chi connectivity index (χ0v) is 46.1. The van der Waals surface area contributed by atoms with Gasteiger partial charge in [-0.25, -0.2) is 0 Å². The normalized spacial score (nSPS) is 15.0. The highest BCUT2D eigenvalue weighted by Gasteiger charge is 2.49. The number of hydrogen-bond donors (Lipinski definition) is 0. The molecule has 0 radical (unpaired) electrons. The van der Waals surface area contributed by atoms with E-state index in [9.17, 15) is 0 Å². The highest BCUT2D eigenvalue weighted by atomic mass is 15.2. The summed E-state index contributed by atoms with van der Waals surface area (Å²) in [6.07, 6.45) is 8.28. The third-order valence-electron chi connectivity index (χ3n) is 18.0. The second-order valence-corrected chi connectivity index (χ2v) is 21.8. The van der Waals surface area contributed by atoms with E-state index in [1.54, 1.807) is 0 Å². The molecule has 13 aromatic carbocycles. The van der Waals surface area contributed by atoms with E-state index in [4.69, 9.17) is 0 Å². The molecule has 0 fully saturated rings. The fourth-order valence-corrected chi connectivity index (χ4v) is 14.7. The van der Waals surface area contributed by atoms with E-state index in [2.05, 4.69) is 319 Å². The third-order valence-corrected chi connectivity index (χ3v) is 18.0. The zero-order chi connectivity index (χ0) is 54.8. The predicted molar refractivity (Wildman–Crippen MR) is 346 cm³/mol. The summed E-state index contributed by atoms with van der Waals surface area (Å²) >= 11 is 0. The molecule has 0 bridgehead atoms. The summed E-state index contributed by atoms with van der Waals surface area (Å²) < 4.78 is 0. The molecule has 3 aliphatic rings. The van der Waals surface area contributed by atoms with Crippen molar-refractivity contribution >= 4 is 60.8 Å². The summed E-state index contributed by atoms with van der Waals surface area (Å²) in [5.41, 5.74) is 20.4. The zero-order valence-electron chi connectivity index (χ0n) is 46.1. The van der Waals surface area contributed by atoms with E-state index in [-0.39, 0.29) is 11.3 Å². The van der Waals surface area contributed by atoms with Crippen molar-refractivity contribution in [1.29, 1.82) is 0 Å². The lowest BCUT2D eigenvalue weighted by molar-refractivity contribution is 0.456. The number of rotatable bonds is 10. The van der Waals surface area contributed by atoms with Crippen LogP contribution < -0.4 is 9.80 Å². The fourth-order valence-electron chi connectivity index (χ4n) is 14.7. The van der Waals surface area contributed by atoms with Crippen LogP contribution in [0.4, 0.5) is 28.4 Å². The SMILES string of the molecule is C1=CC(C2(c3ccccc3)c3ccccc3-c3ccccc32)CC=C1N(c1ccccc1)c1ccc2ccc3c(N(c4ccccc4)c4ccc(C5(c6ccccc6)c6ccccc6-c6ccccc65)cc4)ccc4ccc1c2c43.CC. The van der Waals surface area contributed by atoms with Crippen LogP contribution in [0.15, 0.2) is 315 Å². The van der Waals surface area contributed by atoms with Gasteiger partial charge in [-0.2, -0.15) is 0 Å². The lowest BCUT2D eigenvalue weighted by atomic mass is 9.62. The minimum absolute atomic E-state index is 0.181. The van der Waals surface area contributed by atoms with Crippen molar-refractivity contribution in [3.05, 3.63) is 354 Å². The first-order valence-electron chi connectivity index (χ1n) is 29.1. The van der Waals surface area contributed by atoms with Gasteiger partial charge in [0, 0.05) is 33.5 Å². The Morgan fingerprint density at radius 3 is 1.20 bits per heavy atom. The van der Waals surface area contributed by atoms with Gasteiger partial charge in [0.15, 0.2) is 0 Å². The number of anilines is 5. The average Bonchev–Trinajstić information content (AvgIpc) is 3.31. The molecule has 0 saturated carbocycles. The molecule has 0 saturated heterocycles. The Bertz CT molecular complexity index is 4470. The summed E-state index contributed by atoms with van der Waals surface area (Å²) in [6, 6.07) is 108. The average molecular weight is 1050 g/mol. The van der Waals surface area contributed by atoms with Crippen molar-refractivity contribution in [1.82, 2.24) is 0 Å². The smallest absolute Gasteiger partial charge is 0.0713 e. The van der Waals surface area contributed by atoms with Crippen LogP contribution in [-0.4, -0.2) is 0 Å². The molecule has 0 aliphatic heterocycles. The number of nitrogens with zero attached hydrogens (tertiary/aromatic N) is 2. The second kappa shape index (κ2) is 20.0. The van der Waals surface area contributed by atoms with Gasteiger partial charge in [0.2, 0.25) is 0 Å². The number of para-hydroxylation sites is 2. The molecule has 0 heterocycles. The Hall–Kier alpha value is -10.0. The Kier molecular flexibility index (Phi) is 11.9. The van der Waals surface area contributed by atoms with E-state index < -0.39 is 5.41 Å². The molecular formula is C80H60N2. The molecular weight excluding hydrogens is 989 g/mol. The van der Waals surface area contributed by atoms with Gasteiger partial charge in [-0.15, -0.1) is 0 Å². The van der Waals surface area contributed by atoms with Crippen molar-refractivity contribution in [2.24, 2.45) is 5.92 Å². The number of hydrogen-bond acceptors (Lipinski definition) is 2. The lowest BCUT2D eigenvalue weighted by Gasteiger charge is -2.41. The van der Waals surface area contributed by atoms with E-state index in [0.29, 0.717) is 0 Å². The molecule has 82 heavy (non-hydrogen) atoms. The number of benzene rings is 13. The third kappa shape index (κ3) is 7.27. The van der Waals surface area contributed by atoms with Crippen molar-refractivity contribution in [3.63, 3.8) is 0 Å². The van der Waals surface area contributed by atoms with E-state index in [1.165, 1.54) is 99.2 Å². The quantitative estimate of drug-likeness (QED) is 0.126. The van der Waals surface area contributed by atoms with Crippen molar-refractivity contribution in [3.8, 4) is 22.3 Å². The van der Waals surface area contributed by atoms with Crippen LogP contribution in [0.5, 0.6) is 0 Å². The first kappa shape index (κ1) is 49.1. The maximum absolute atomic E-state index is 2.51. The highest BCUT2D eigenvalue weighted by molar-refractivity contribution is 6.28. The summed E-state index contributed by atoms with van der Waals surface area (Å²) in [4.78, 5) is 4.95. The molecule has 13 aromatic rings. The van der Waals surface area contributed by atoms with Gasteiger partial charge in [0.05, 0.1) is 22.2 Å². The van der Waals surface area contributed by atoms with Crippen LogP contribution in [-0.2, 0) is 10.8 Å². The first-order valence-corrected chi connectivity index (χ1v) is 29.1. The maximum atomic E-state index is 2.51. The van der Waals surface area contributed by atoms with Crippen LogP contribution in [0.2, 0.25) is 0 Å². The van der Waals surface area contributed by atoms with Crippen LogP contribution >= 0.6 is 0 Å². The van der Waals surface area contributed by atoms with Gasteiger partial charge in [0.25, 0.3) is 0 Å². The van der Waals surface area contributed by atoms with Crippen LogP contribution in [0.25, 0.3) is 54.6 Å². The maximum Gasteiger partial charge on any atom is 0.0713 e. The second-order valence-electron chi connectivity index (χ2n) is 21.8. The molecule has 390 valence electrons. The highest BCUT2D eigenvalue weighted by Crippen LogP contribution is 2.59. The molecule has 1 unspecified atom stereocenters. The molecule has 3 aliphatic carbocycles. The van der Waals surface area contributed by atoms with Gasteiger partial charge in [-0.05, 0) is 150 Å².